The molecule has 1 saturated heterocycles. The highest BCUT2D eigenvalue weighted by Crippen LogP contribution is 2.25. The summed E-state index contributed by atoms with van der Waals surface area (Å²) in [7, 11) is 1.85. The summed E-state index contributed by atoms with van der Waals surface area (Å²) < 4.78 is 3.81. The molecule has 0 radical (unpaired) electrons. The van der Waals surface area contributed by atoms with Gasteiger partial charge in [0, 0.05) is 38.9 Å². The second-order valence-electron chi connectivity index (χ2n) is 7.96. The van der Waals surface area contributed by atoms with E-state index in [4.69, 9.17) is 5.10 Å². The number of likely N-dealkylation sites (tertiary alicyclic amines) is 1. The fourth-order valence-electron chi connectivity index (χ4n) is 4.58. The van der Waals surface area contributed by atoms with Gasteiger partial charge in [-0.1, -0.05) is 6.92 Å². The smallest absolute Gasteiger partial charge is 0.139 e. The zero-order chi connectivity index (χ0) is 18.8. The van der Waals surface area contributed by atoms with Crippen LogP contribution in [0.4, 0.5) is 0 Å². The van der Waals surface area contributed by atoms with Crippen molar-refractivity contribution in [1.82, 2.24) is 29.4 Å². The standard InChI is InChI=1S/C20H32N6O/c1-3-9-24-12-6-16(7-13-24)25-10-4-11-26-17(15-25)14-18(22-26)20(27)19-5-8-21-23(19)2/h5,8,14,16,20,27H,3-4,6-7,9-13,15H2,1-2H3/t20-/m0/s1. The molecule has 0 bridgehead atoms. The third-order valence-electron chi connectivity index (χ3n) is 6.10. The third-order valence-corrected chi connectivity index (χ3v) is 6.10. The quantitative estimate of drug-likeness (QED) is 0.867. The van der Waals surface area contributed by atoms with Gasteiger partial charge < -0.3 is 10.0 Å². The van der Waals surface area contributed by atoms with Crippen LogP contribution in [0.1, 0.15) is 55.8 Å². The summed E-state index contributed by atoms with van der Waals surface area (Å²) in [6.45, 7) is 8.94. The van der Waals surface area contributed by atoms with Crippen molar-refractivity contribution in [3.8, 4) is 0 Å². The molecule has 1 N–H and O–H groups in total. The molecule has 2 aromatic heterocycles. The topological polar surface area (TPSA) is 62.4 Å². The number of aliphatic hydroxyl groups excluding tert-OH is 1. The van der Waals surface area contributed by atoms with Crippen LogP contribution in [0.25, 0.3) is 0 Å². The lowest BCUT2D eigenvalue weighted by Gasteiger charge is -2.38. The van der Waals surface area contributed by atoms with Gasteiger partial charge in [-0.25, -0.2) is 0 Å². The van der Waals surface area contributed by atoms with Gasteiger partial charge in [-0.15, -0.1) is 0 Å². The number of hydrogen-bond donors (Lipinski definition) is 1. The van der Waals surface area contributed by atoms with Crippen molar-refractivity contribution in [2.75, 3.05) is 26.2 Å². The predicted molar refractivity (Wildman–Crippen MR) is 104 cm³/mol. The molecule has 2 aliphatic heterocycles. The van der Waals surface area contributed by atoms with E-state index in [0.717, 1.165) is 37.4 Å². The molecule has 0 saturated carbocycles. The summed E-state index contributed by atoms with van der Waals surface area (Å²) in [4.78, 5) is 5.24. The Labute approximate surface area is 161 Å². The molecule has 7 heteroatoms. The van der Waals surface area contributed by atoms with Crippen LogP contribution in [-0.4, -0.2) is 66.7 Å². The zero-order valence-corrected chi connectivity index (χ0v) is 16.6. The lowest BCUT2D eigenvalue weighted by atomic mass is 10.0. The van der Waals surface area contributed by atoms with Crippen molar-refractivity contribution >= 4 is 0 Å². The Morgan fingerprint density at radius 3 is 2.74 bits per heavy atom. The Hall–Kier alpha value is -1.70. The minimum Gasteiger partial charge on any atom is -0.380 e. The van der Waals surface area contributed by atoms with Crippen LogP contribution in [0.15, 0.2) is 18.3 Å². The SMILES string of the molecule is CCCN1CCC(N2CCCn3nc([C@H](O)c4ccnn4C)cc3C2)CC1. The van der Waals surface area contributed by atoms with Crippen molar-refractivity contribution < 1.29 is 5.11 Å². The van der Waals surface area contributed by atoms with Crippen molar-refractivity contribution in [3.63, 3.8) is 0 Å². The van der Waals surface area contributed by atoms with Gasteiger partial charge in [0.2, 0.25) is 0 Å². The first-order chi connectivity index (χ1) is 13.2. The summed E-state index contributed by atoms with van der Waals surface area (Å²) in [6, 6.07) is 4.61. The second kappa shape index (κ2) is 8.12. The summed E-state index contributed by atoms with van der Waals surface area (Å²) in [5.41, 5.74) is 2.73. The molecule has 0 aromatic carbocycles. The van der Waals surface area contributed by atoms with Crippen LogP contribution < -0.4 is 0 Å². The van der Waals surface area contributed by atoms with Crippen LogP contribution in [0, 0.1) is 0 Å². The van der Waals surface area contributed by atoms with E-state index in [1.54, 1.807) is 10.9 Å². The third kappa shape index (κ3) is 3.95. The molecule has 2 aliphatic rings. The highest BCUT2D eigenvalue weighted by atomic mass is 16.3. The average molecular weight is 373 g/mol. The fourth-order valence-corrected chi connectivity index (χ4v) is 4.58. The maximum atomic E-state index is 10.7. The minimum atomic E-state index is -0.720. The minimum absolute atomic E-state index is 0.671. The molecule has 7 nitrogen and oxygen atoms in total. The Kier molecular flexibility index (Phi) is 5.61. The number of aliphatic hydroxyl groups is 1. The number of nitrogens with zero attached hydrogens (tertiary/aromatic N) is 6. The molecule has 1 fully saturated rings. The lowest BCUT2D eigenvalue weighted by molar-refractivity contribution is 0.104. The lowest BCUT2D eigenvalue weighted by Crippen LogP contribution is -2.44. The molecular weight excluding hydrogens is 340 g/mol. The first-order valence-corrected chi connectivity index (χ1v) is 10.3. The van der Waals surface area contributed by atoms with E-state index >= 15 is 0 Å². The van der Waals surface area contributed by atoms with Crippen LogP contribution in [0.5, 0.6) is 0 Å². The van der Waals surface area contributed by atoms with E-state index in [1.807, 2.05) is 13.1 Å². The molecule has 0 unspecified atom stereocenters. The van der Waals surface area contributed by atoms with Gasteiger partial charge in [0.25, 0.3) is 0 Å². The average Bonchev–Trinajstić information content (AvgIpc) is 3.23. The van der Waals surface area contributed by atoms with Gasteiger partial charge in [0.15, 0.2) is 0 Å². The number of piperidine rings is 1. The van der Waals surface area contributed by atoms with Gasteiger partial charge in [0.1, 0.15) is 6.10 Å². The molecular formula is C20H32N6O. The fraction of sp³-hybridized carbons (Fsp3) is 0.700. The Bertz CT molecular complexity index is 745. The Morgan fingerprint density at radius 1 is 1.22 bits per heavy atom. The van der Waals surface area contributed by atoms with E-state index in [0.29, 0.717) is 6.04 Å². The van der Waals surface area contributed by atoms with Crippen LogP contribution in [0.2, 0.25) is 0 Å². The van der Waals surface area contributed by atoms with Crippen molar-refractivity contribution in [2.45, 2.75) is 57.8 Å². The molecule has 148 valence electrons. The van der Waals surface area contributed by atoms with E-state index < -0.39 is 6.10 Å². The van der Waals surface area contributed by atoms with E-state index in [1.165, 1.54) is 44.6 Å². The molecule has 0 aliphatic carbocycles. The van der Waals surface area contributed by atoms with E-state index in [9.17, 15) is 5.11 Å². The summed E-state index contributed by atoms with van der Waals surface area (Å²) in [5.74, 6) is 0. The summed E-state index contributed by atoms with van der Waals surface area (Å²) >= 11 is 0. The number of hydrogen-bond acceptors (Lipinski definition) is 5. The van der Waals surface area contributed by atoms with Gasteiger partial charge in [0.05, 0.1) is 17.1 Å². The molecule has 0 spiro atoms. The van der Waals surface area contributed by atoms with Crippen molar-refractivity contribution in [3.05, 3.63) is 35.4 Å². The zero-order valence-electron chi connectivity index (χ0n) is 16.6. The number of aromatic nitrogens is 4. The summed E-state index contributed by atoms with van der Waals surface area (Å²) in [6.07, 6.45) is 5.88. The maximum absolute atomic E-state index is 10.7. The predicted octanol–water partition coefficient (Wildman–Crippen LogP) is 1.78. The van der Waals surface area contributed by atoms with Crippen LogP contribution in [-0.2, 0) is 20.1 Å². The van der Waals surface area contributed by atoms with Crippen LogP contribution in [0.3, 0.4) is 0 Å². The molecule has 1 atom stereocenters. The first kappa shape index (κ1) is 18.7. The summed E-state index contributed by atoms with van der Waals surface area (Å²) in [5, 5.41) is 19.6. The van der Waals surface area contributed by atoms with Crippen LogP contribution >= 0.6 is 0 Å². The van der Waals surface area contributed by atoms with Gasteiger partial charge >= 0.3 is 0 Å². The van der Waals surface area contributed by atoms with Crippen molar-refractivity contribution in [2.24, 2.45) is 7.05 Å². The van der Waals surface area contributed by atoms with Crippen molar-refractivity contribution in [1.29, 1.82) is 0 Å². The van der Waals surface area contributed by atoms with Gasteiger partial charge in [-0.2, -0.15) is 10.2 Å². The molecule has 2 aromatic rings. The maximum Gasteiger partial charge on any atom is 0.139 e. The largest absolute Gasteiger partial charge is 0.380 e. The van der Waals surface area contributed by atoms with E-state index in [-0.39, 0.29) is 0 Å². The Morgan fingerprint density at radius 2 is 2.04 bits per heavy atom. The number of fused-ring (bicyclic) bond motifs is 1. The van der Waals surface area contributed by atoms with E-state index in [2.05, 4.69) is 32.6 Å². The number of rotatable bonds is 5. The normalized spacial score (nSPS) is 21.1. The second-order valence-corrected chi connectivity index (χ2v) is 7.96. The Balaban J connectivity index is 1.45. The van der Waals surface area contributed by atoms with Gasteiger partial charge in [-0.3, -0.25) is 14.3 Å². The first-order valence-electron chi connectivity index (χ1n) is 10.3. The highest BCUT2D eigenvalue weighted by Gasteiger charge is 2.28. The monoisotopic (exact) mass is 372 g/mol. The van der Waals surface area contributed by atoms with Gasteiger partial charge in [-0.05, 0) is 57.5 Å². The molecule has 4 heterocycles. The highest BCUT2D eigenvalue weighted by molar-refractivity contribution is 5.21. The molecule has 0 amide bonds. The molecule has 27 heavy (non-hydrogen) atoms. The molecule has 4 rings (SSSR count). The number of aryl methyl sites for hydroxylation is 2.